The number of nitrogens with zero attached hydrogens (tertiary/aromatic N) is 1. The van der Waals surface area contributed by atoms with Crippen LogP contribution in [-0.2, 0) is 19.6 Å². The molecule has 4 bridgehead atoms. The number of ether oxygens (including phenoxy) is 1. The molecule has 0 aromatic carbocycles. The van der Waals surface area contributed by atoms with E-state index in [1.807, 2.05) is 0 Å². The highest BCUT2D eigenvalue weighted by molar-refractivity contribution is 7.90. The minimum Gasteiger partial charge on any atom is -0.772 e. The molecule has 4 aliphatic carbocycles. The van der Waals surface area contributed by atoms with E-state index >= 15 is 0 Å². The summed E-state index contributed by atoms with van der Waals surface area (Å²) in [6.07, 6.45) is 6.84. The number of alkyl halides is 3. The molecule has 0 aromatic heterocycles. The number of carbonyl (C=O) groups excluding carboxylic acids is 1. The van der Waals surface area contributed by atoms with Crippen molar-refractivity contribution in [2.45, 2.75) is 63.3 Å². The van der Waals surface area contributed by atoms with Crippen LogP contribution < -0.4 is 0 Å². The van der Waals surface area contributed by atoms with Crippen molar-refractivity contribution in [1.82, 2.24) is 4.47 Å². The van der Waals surface area contributed by atoms with Crippen molar-refractivity contribution < 1.29 is 31.1 Å². The zero-order valence-electron chi connectivity index (χ0n) is 15.0. The summed E-state index contributed by atoms with van der Waals surface area (Å²) >= 11 is 0. The Labute approximate surface area is 157 Å². The quantitative estimate of drug-likeness (QED) is 0.328. The first-order chi connectivity index (χ1) is 12.6. The van der Waals surface area contributed by atoms with Gasteiger partial charge in [0.2, 0.25) is 0 Å². The molecule has 10 heteroatoms. The third kappa shape index (κ3) is 4.12. The molecule has 0 aromatic rings. The van der Waals surface area contributed by atoms with Crippen molar-refractivity contribution in [2.24, 2.45) is 23.2 Å². The fraction of sp³-hybridized carbons (Fsp3) is 0.941. The van der Waals surface area contributed by atoms with Crippen LogP contribution >= 0.6 is 0 Å². The highest BCUT2D eigenvalue weighted by Crippen LogP contribution is 2.64. The summed E-state index contributed by atoms with van der Waals surface area (Å²) in [6, 6.07) is 0. The van der Waals surface area contributed by atoms with Crippen LogP contribution in [0, 0.1) is 28.4 Å². The van der Waals surface area contributed by atoms with E-state index in [9.17, 15) is 31.6 Å². The molecule has 0 aliphatic heterocycles. The topological polar surface area (TPSA) is 86.7 Å². The van der Waals surface area contributed by atoms with Crippen LogP contribution in [-0.4, -0.2) is 37.5 Å². The van der Waals surface area contributed by atoms with E-state index in [4.69, 9.17) is 4.74 Å². The number of hydroxylamine groups is 1. The molecule has 0 radical (unpaired) electrons. The Morgan fingerprint density at radius 1 is 1.07 bits per heavy atom. The molecule has 4 rings (SSSR count). The number of sulfonamides is 1. The minimum atomic E-state index is -5.80. The average molecular weight is 412 g/mol. The summed E-state index contributed by atoms with van der Waals surface area (Å²) in [7, 11) is -5.80. The van der Waals surface area contributed by atoms with Gasteiger partial charge in [0, 0.05) is 6.54 Å². The Morgan fingerprint density at radius 2 is 1.67 bits per heavy atom. The largest absolute Gasteiger partial charge is 0.772 e. The van der Waals surface area contributed by atoms with Gasteiger partial charge in [-0.15, -0.1) is 0 Å². The molecule has 2 atom stereocenters. The molecule has 156 valence electrons. The summed E-state index contributed by atoms with van der Waals surface area (Å²) in [4.78, 5) is 12.5. The van der Waals surface area contributed by atoms with E-state index in [1.54, 1.807) is 0 Å². The van der Waals surface area contributed by atoms with Crippen LogP contribution in [0.5, 0.6) is 0 Å². The lowest BCUT2D eigenvalue weighted by atomic mass is 9.69. The van der Waals surface area contributed by atoms with Gasteiger partial charge in [0.05, 0.1) is 12.0 Å². The van der Waals surface area contributed by atoms with Crippen LogP contribution in [0.1, 0.15) is 57.8 Å². The van der Waals surface area contributed by atoms with Gasteiger partial charge in [-0.25, -0.2) is 8.42 Å². The maximum absolute atomic E-state index is 12.5. The van der Waals surface area contributed by atoms with Crippen molar-refractivity contribution in [2.75, 3.05) is 13.2 Å². The van der Waals surface area contributed by atoms with E-state index in [-0.39, 0.29) is 24.4 Å². The van der Waals surface area contributed by atoms with Gasteiger partial charge in [-0.1, -0.05) is 12.8 Å². The molecule has 2 unspecified atom stereocenters. The van der Waals surface area contributed by atoms with Crippen LogP contribution in [0.2, 0.25) is 0 Å². The number of unbranched alkanes of at least 4 members (excludes halogenated alkanes) is 3. The summed E-state index contributed by atoms with van der Waals surface area (Å²) in [5.41, 5.74) is -5.85. The smallest absolute Gasteiger partial charge is 0.510 e. The van der Waals surface area contributed by atoms with E-state index in [0.717, 1.165) is 19.3 Å². The number of hydrogen-bond donors (Lipinski definition) is 0. The molecule has 0 heterocycles. The fourth-order valence-corrected chi connectivity index (χ4v) is 5.91. The summed E-state index contributed by atoms with van der Waals surface area (Å²) < 4.78 is 62.9. The molecule has 4 saturated carbocycles. The van der Waals surface area contributed by atoms with E-state index in [2.05, 4.69) is 0 Å². The first-order valence-electron chi connectivity index (χ1n) is 9.48. The summed E-state index contributed by atoms with van der Waals surface area (Å²) in [5, 5.41) is 11.1. The van der Waals surface area contributed by atoms with E-state index in [0.29, 0.717) is 37.0 Å². The first-order valence-corrected chi connectivity index (χ1v) is 10.9. The van der Waals surface area contributed by atoms with Crippen LogP contribution in [0.4, 0.5) is 13.2 Å². The predicted octanol–water partition coefficient (Wildman–Crippen LogP) is 3.57. The second kappa shape index (κ2) is 7.51. The molecular weight excluding hydrogens is 387 g/mol. The van der Waals surface area contributed by atoms with Gasteiger partial charge in [0.25, 0.3) is 0 Å². The number of hydrogen-bond acceptors (Lipinski definition) is 5. The number of esters is 1. The second-order valence-corrected chi connectivity index (χ2v) is 10.1. The monoisotopic (exact) mass is 412 g/mol. The lowest BCUT2D eigenvalue weighted by Gasteiger charge is -2.35. The Kier molecular flexibility index (Phi) is 5.80. The molecule has 0 amide bonds. The second-order valence-electron chi connectivity index (χ2n) is 8.28. The molecular formula is C17H25F3NO5S-. The highest BCUT2D eigenvalue weighted by atomic mass is 32.2. The van der Waals surface area contributed by atoms with Crippen LogP contribution in [0.3, 0.4) is 0 Å². The molecule has 6 nitrogen and oxygen atoms in total. The van der Waals surface area contributed by atoms with Gasteiger partial charge in [-0.05, 0) is 62.7 Å². The molecule has 27 heavy (non-hydrogen) atoms. The lowest BCUT2D eigenvalue weighted by molar-refractivity contribution is -0.159. The fourth-order valence-electron chi connectivity index (χ4n) is 5.31. The lowest BCUT2D eigenvalue weighted by Crippen LogP contribution is -2.37. The zero-order valence-corrected chi connectivity index (χ0v) is 15.9. The van der Waals surface area contributed by atoms with E-state index in [1.165, 1.54) is 12.8 Å². The van der Waals surface area contributed by atoms with Crippen molar-refractivity contribution in [3.8, 4) is 0 Å². The van der Waals surface area contributed by atoms with Crippen molar-refractivity contribution in [1.29, 1.82) is 0 Å². The standard InChI is InChI=1S/C17H25F3NO5S/c18-17(19,20)27(24,25)21(23)5-3-1-2-4-6-26-15(22)16-9-12-7-13(10-16)14(8-12)11-16/h12-14H,1-11H2/q-1. The van der Waals surface area contributed by atoms with Gasteiger partial charge >= 0.3 is 21.5 Å². The predicted molar refractivity (Wildman–Crippen MR) is 90.5 cm³/mol. The van der Waals surface area contributed by atoms with Crippen LogP contribution in [0.15, 0.2) is 0 Å². The molecule has 0 saturated heterocycles. The van der Waals surface area contributed by atoms with Gasteiger partial charge in [-0.2, -0.15) is 13.2 Å². The van der Waals surface area contributed by atoms with Crippen molar-refractivity contribution in [3.05, 3.63) is 5.21 Å². The first kappa shape index (κ1) is 20.9. The Hall–Kier alpha value is -0.870. The maximum Gasteiger partial charge on any atom is 0.510 e. The van der Waals surface area contributed by atoms with Crippen molar-refractivity contribution in [3.63, 3.8) is 0 Å². The van der Waals surface area contributed by atoms with E-state index < -0.39 is 26.5 Å². The number of halogens is 3. The number of carbonyl (C=O) groups is 1. The summed E-state index contributed by atoms with van der Waals surface area (Å²) in [6.45, 7) is -0.475. The highest BCUT2D eigenvalue weighted by Gasteiger charge is 2.59. The van der Waals surface area contributed by atoms with Crippen LogP contribution in [0.25, 0.3) is 0 Å². The third-order valence-electron chi connectivity index (χ3n) is 6.39. The Bertz CT molecular complexity index is 646. The normalized spacial score (nSPS) is 32.4. The molecule has 4 fully saturated rings. The van der Waals surface area contributed by atoms with Crippen molar-refractivity contribution >= 4 is 16.0 Å². The SMILES string of the molecule is O=C(OCCCCCCN([O-])S(=O)(=O)C(F)(F)F)C12CC3CC(C1)C(C3)C2. The van der Waals surface area contributed by atoms with Gasteiger partial charge in [-0.3, -0.25) is 9.26 Å². The minimum absolute atomic E-state index is 0.0295. The number of rotatable bonds is 9. The average Bonchev–Trinajstić information content (AvgIpc) is 2.99. The Morgan fingerprint density at radius 3 is 2.22 bits per heavy atom. The molecule has 4 aliphatic rings. The van der Waals surface area contributed by atoms with Gasteiger partial charge in [0.15, 0.2) is 0 Å². The van der Waals surface area contributed by atoms with Gasteiger partial charge < -0.3 is 9.94 Å². The molecule has 0 N–H and O–H groups in total. The maximum atomic E-state index is 12.5. The third-order valence-corrected chi connectivity index (χ3v) is 7.69. The Balaban J connectivity index is 1.29. The molecule has 0 spiro atoms. The summed E-state index contributed by atoms with van der Waals surface area (Å²) in [5.74, 6) is 1.91. The zero-order chi connectivity index (χ0) is 19.9. The van der Waals surface area contributed by atoms with Gasteiger partial charge in [0.1, 0.15) is 0 Å².